The monoisotopic (exact) mass is 258 g/mol. The molecule has 1 nitrogen and oxygen atoms in total. The first-order valence-electron chi connectivity index (χ1n) is 3.93. The molecule has 0 spiro atoms. The molecule has 0 heterocycles. The molecule has 0 aliphatic rings. The van der Waals surface area contributed by atoms with E-state index in [1.54, 1.807) is 0 Å². The van der Waals surface area contributed by atoms with Crippen LogP contribution in [-0.4, -0.2) is 16.1 Å². The Balaban J connectivity index is 3.26. The maximum Gasteiger partial charge on any atom is 0.424 e. The van der Waals surface area contributed by atoms with E-state index in [0.29, 0.717) is 0 Å². The molecule has 1 aromatic rings. The van der Waals surface area contributed by atoms with Crippen molar-refractivity contribution in [1.29, 1.82) is 0 Å². The lowest BCUT2D eigenvalue weighted by molar-refractivity contribution is -0.261. The summed E-state index contributed by atoms with van der Waals surface area (Å²) in [6, 6.07) is 6.48. The molecule has 0 unspecified atom stereocenters. The van der Waals surface area contributed by atoms with Crippen molar-refractivity contribution in [3.63, 3.8) is 0 Å². The molecule has 0 saturated heterocycles. The van der Waals surface area contributed by atoms with Crippen molar-refractivity contribution in [2.45, 2.75) is 16.6 Å². The summed E-state index contributed by atoms with van der Waals surface area (Å²) in [6.45, 7) is 0. The summed E-state index contributed by atoms with van der Waals surface area (Å²) in [4.78, 5) is -1.99. The lowest BCUT2D eigenvalue weighted by Gasteiger charge is -2.31. The molecule has 84 valence electrons. The second-order valence-corrected chi connectivity index (χ2v) is 4.03. The Kier molecular flexibility index (Phi) is 3.53. The zero-order valence-electron chi connectivity index (χ0n) is 7.30. The van der Waals surface area contributed by atoms with Crippen molar-refractivity contribution in [1.82, 2.24) is 0 Å². The predicted octanol–water partition coefficient (Wildman–Crippen LogP) is 3.24. The second kappa shape index (κ2) is 4.20. The molecule has 0 saturated carbocycles. The third-order valence-corrected chi connectivity index (χ3v) is 2.59. The SMILES string of the molecule is O[C@@](c1ccccc1)(C(Cl)Cl)C(F)(F)F. The van der Waals surface area contributed by atoms with E-state index in [1.807, 2.05) is 0 Å². The van der Waals surface area contributed by atoms with Crippen LogP contribution in [0.25, 0.3) is 0 Å². The minimum Gasteiger partial charge on any atom is -0.374 e. The summed E-state index contributed by atoms with van der Waals surface area (Å²) >= 11 is 10.4. The Labute approximate surface area is 94.4 Å². The first-order valence-corrected chi connectivity index (χ1v) is 4.80. The second-order valence-electron chi connectivity index (χ2n) is 2.93. The molecular weight excluding hydrogens is 252 g/mol. The standard InChI is InChI=1S/C9H7Cl2F3O/c10-7(11)8(15,9(12,13)14)6-4-2-1-3-5-6/h1-5,7,15H/t8-/m0/s1. The third-order valence-electron chi connectivity index (χ3n) is 1.96. The zero-order valence-corrected chi connectivity index (χ0v) is 8.81. The molecule has 0 bridgehead atoms. The van der Waals surface area contributed by atoms with Gasteiger partial charge >= 0.3 is 6.18 Å². The van der Waals surface area contributed by atoms with E-state index in [1.165, 1.54) is 18.2 Å². The van der Waals surface area contributed by atoms with Crippen LogP contribution in [0.15, 0.2) is 30.3 Å². The molecule has 1 aromatic carbocycles. The van der Waals surface area contributed by atoms with E-state index < -0.39 is 16.6 Å². The van der Waals surface area contributed by atoms with Gasteiger partial charge in [0.1, 0.15) is 4.84 Å². The van der Waals surface area contributed by atoms with Crippen LogP contribution in [0.2, 0.25) is 0 Å². The molecule has 0 radical (unpaired) electrons. The number of hydrogen-bond acceptors (Lipinski definition) is 1. The highest BCUT2D eigenvalue weighted by molar-refractivity contribution is 6.45. The number of aliphatic hydroxyl groups is 1. The van der Waals surface area contributed by atoms with Gasteiger partial charge in [0, 0.05) is 0 Å². The van der Waals surface area contributed by atoms with Gasteiger partial charge in [-0.15, -0.1) is 23.2 Å². The lowest BCUT2D eigenvalue weighted by Crippen LogP contribution is -2.47. The Bertz CT molecular complexity index is 326. The highest BCUT2D eigenvalue weighted by Crippen LogP contribution is 2.44. The molecule has 0 aromatic heterocycles. The Hall–Kier alpha value is -0.450. The fraction of sp³-hybridized carbons (Fsp3) is 0.333. The molecule has 0 amide bonds. The van der Waals surface area contributed by atoms with Gasteiger partial charge < -0.3 is 5.11 Å². The summed E-state index contributed by atoms with van der Waals surface area (Å²) < 4.78 is 37.9. The maximum absolute atomic E-state index is 12.6. The summed E-state index contributed by atoms with van der Waals surface area (Å²) in [6.07, 6.45) is -4.93. The van der Waals surface area contributed by atoms with Crippen molar-refractivity contribution < 1.29 is 18.3 Å². The van der Waals surface area contributed by atoms with Crippen LogP contribution in [0.3, 0.4) is 0 Å². The summed E-state index contributed by atoms with van der Waals surface area (Å²) in [5.41, 5.74) is -3.62. The Morgan fingerprint density at radius 1 is 1.07 bits per heavy atom. The zero-order chi connectivity index (χ0) is 11.7. The van der Waals surface area contributed by atoms with Gasteiger partial charge in [0.2, 0.25) is 5.60 Å². The van der Waals surface area contributed by atoms with Gasteiger partial charge in [-0.1, -0.05) is 30.3 Å². The van der Waals surface area contributed by atoms with Crippen LogP contribution in [0, 0.1) is 0 Å². The molecule has 6 heteroatoms. The van der Waals surface area contributed by atoms with Crippen LogP contribution in [0.1, 0.15) is 5.56 Å². The van der Waals surface area contributed by atoms with Gasteiger partial charge in [0.05, 0.1) is 0 Å². The minimum absolute atomic E-state index is 0.382. The highest BCUT2D eigenvalue weighted by atomic mass is 35.5. The number of halogens is 5. The third kappa shape index (κ3) is 2.22. The van der Waals surface area contributed by atoms with E-state index >= 15 is 0 Å². The van der Waals surface area contributed by atoms with Gasteiger partial charge in [-0.3, -0.25) is 0 Å². The first-order chi connectivity index (χ1) is 6.80. The van der Waals surface area contributed by atoms with Crippen LogP contribution in [0.5, 0.6) is 0 Å². The van der Waals surface area contributed by atoms with E-state index in [-0.39, 0.29) is 5.56 Å². The lowest BCUT2D eigenvalue weighted by atomic mass is 9.95. The fourth-order valence-corrected chi connectivity index (χ4v) is 1.61. The van der Waals surface area contributed by atoms with Gasteiger partial charge in [-0.2, -0.15) is 13.2 Å². The average Bonchev–Trinajstić information content (AvgIpc) is 2.16. The first kappa shape index (κ1) is 12.6. The van der Waals surface area contributed by atoms with Gasteiger partial charge in [0.25, 0.3) is 0 Å². The predicted molar refractivity (Wildman–Crippen MR) is 51.9 cm³/mol. The van der Waals surface area contributed by atoms with Crippen LogP contribution < -0.4 is 0 Å². The van der Waals surface area contributed by atoms with Crippen molar-refractivity contribution in [2.24, 2.45) is 0 Å². The highest BCUT2D eigenvalue weighted by Gasteiger charge is 2.59. The maximum atomic E-state index is 12.6. The molecule has 1 N–H and O–H groups in total. The topological polar surface area (TPSA) is 20.2 Å². The summed E-state index contributed by atoms with van der Waals surface area (Å²) in [5.74, 6) is 0. The molecule has 1 atom stereocenters. The van der Waals surface area contributed by atoms with Crippen LogP contribution in [-0.2, 0) is 5.60 Å². The quantitative estimate of drug-likeness (QED) is 0.808. The van der Waals surface area contributed by atoms with Crippen molar-refractivity contribution in [3.05, 3.63) is 35.9 Å². The van der Waals surface area contributed by atoms with E-state index in [4.69, 9.17) is 23.2 Å². The molecule has 0 aliphatic heterocycles. The Morgan fingerprint density at radius 2 is 1.53 bits per heavy atom. The van der Waals surface area contributed by atoms with E-state index in [9.17, 15) is 18.3 Å². The molecule has 15 heavy (non-hydrogen) atoms. The number of hydrogen-bond donors (Lipinski definition) is 1. The summed E-state index contributed by atoms with van der Waals surface area (Å²) in [7, 11) is 0. The van der Waals surface area contributed by atoms with Crippen molar-refractivity contribution >= 4 is 23.2 Å². The van der Waals surface area contributed by atoms with E-state index in [2.05, 4.69) is 0 Å². The van der Waals surface area contributed by atoms with Gasteiger partial charge in [-0.25, -0.2) is 0 Å². The molecular formula is C9H7Cl2F3O. The van der Waals surface area contributed by atoms with Gasteiger partial charge in [-0.05, 0) is 5.56 Å². The van der Waals surface area contributed by atoms with Crippen LogP contribution >= 0.6 is 23.2 Å². The minimum atomic E-state index is -4.93. The van der Waals surface area contributed by atoms with E-state index in [0.717, 1.165) is 12.1 Å². The largest absolute Gasteiger partial charge is 0.424 e. The smallest absolute Gasteiger partial charge is 0.374 e. The molecule has 1 rings (SSSR count). The average molecular weight is 259 g/mol. The summed E-state index contributed by atoms with van der Waals surface area (Å²) in [5, 5.41) is 9.51. The molecule has 0 fully saturated rings. The van der Waals surface area contributed by atoms with Gasteiger partial charge in [0.15, 0.2) is 0 Å². The fourth-order valence-electron chi connectivity index (χ4n) is 1.11. The number of rotatable bonds is 2. The van der Waals surface area contributed by atoms with Crippen molar-refractivity contribution in [2.75, 3.05) is 0 Å². The number of alkyl halides is 5. The Morgan fingerprint density at radius 3 is 1.87 bits per heavy atom. The number of benzene rings is 1. The molecule has 0 aliphatic carbocycles. The normalized spacial score (nSPS) is 16.5. The van der Waals surface area contributed by atoms with Crippen LogP contribution in [0.4, 0.5) is 13.2 Å². The van der Waals surface area contributed by atoms with Crippen molar-refractivity contribution in [3.8, 4) is 0 Å².